The zero-order chi connectivity index (χ0) is 32.5. The molecule has 0 unspecified atom stereocenters. The first kappa shape index (κ1) is 30.9. The fourth-order valence-electron chi connectivity index (χ4n) is 6.63. The number of carboxylic acid groups (broad SMARTS) is 1. The minimum absolute atomic E-state index is 0.0977. The number of hydrogen-bond acceptors (Lipinski definition) is 8. The third-order valence-corrected chi connectivity index (χ3v) is 11.0. The molecule has 1 spiro atoms. The van der Waals surface area contributed by atoms with Crippen molar-refractivity contribution in [1.82, 2.24) is 19.7 Å². The molecule has 3 fully saturated rings. The Hall–Kier alpha value is -3.72. The number of halogens is 2. The van der Waals surface area contributed by atoms with E-state index in [0.717, 1.165) is 73.7 Å². The molecule has 2 aliphatic heterocycles. The third kappa shape index (κ3) is 5.72. The van der Waals surface area contributed by atoms with Crippen molar-refractivity contribution in [3.63, 3.8) is 0 Å². The number of anilines is 1. The number of aromatic nitrogens is 3. The van der Waals surface area contributed by atoms with E-state index in [1.54, 1.807) is 16.8 Å². The monoisotopic (exact) mass is 668 g/mol. The maximum absolute atomic E-state index is 15.3. The van der Waals surface area contributed by atoms with Gasteiger partial charge in [0.15, 0.2) is 5.69 Å². The third-order valence-electron chi connectivity index (χ3n) is 9.26. The molecule has 0 amide bonds. The average molecular weight is 669 g/mol. The zero-order valence-electron chi connectivity index (χ0n) is 25.4. The van der Waals surface area contributed by atoms with E-state index in [1.807, 2.05) is 0 Å². The summed E-state index contributed by atoms with van der Waals surface area (Å²) >= 11 is 1.15. The van der Waals surface area contributed by atoms with Gasteiger partial charge in [-0.05, 0) is 74.9 Å². The summed E-state index contributed by atoms with van der Waals surface area (Å²) in [6.07, 6.45) is 2.89. The Morgan fingerprint density at radius 3 is 2.46 bits per heavy atom. The molecule has 14 heteroatoms. The molecule has 0 bridgehead atoms. The van der Waals surface area contributed by atoms with Crippen molar-refractivity contribution < 1.29 is 27.1 Å². The van der Waals surface area contributed by atoms with Gasteiger partial charge in [-0.3, -0.25) is 4.90 Å². The minimum Gasteiger partial charge on any atom is -0.476 e. The Morgan fingerprint density at radius 2 is 1.85 bits per heavy atom. The van der Waals surface area contributed by atoms with Gasteiger partial charge in [-0.25, -0.2) is 36.8 Å². The second-order valence-electron chi connectivity index (χ2n) is 13.2. The molecule has 3 N–H and O–H groups in total. The van der Waals surface area contributed by atoms with Gasteiger partial charge in [-0.15, -0.1) is 11.3 Å². The minimum atomic E-state index is -4.24. The molecule has 0 radical (unpaired) electrons. The number of nitrogens with zero attached hydrogens (tertiary/aromatic N) is 5. The SMILES string of the molecule is CC(C)N1CC2(CN(c3cc(-c4nn(-c5nc(C(=O)O)cs5)c(CC5CC5)c4Cc4ccc(S(N)(=O)=O)c(F)c4)ccc3F)C2)C1. The van der Waals surface area contributed by atoms with Gasteiger partial charge >= 0.3 is 5.97 Å². The molecule has 10 nitrogen and oxygen atoms in total. The molecule has 7 rings (SSSR count). The molecule has 0 atom stereocenters. The van der Waals surface area contributed by atoms with Gasteiger partial charge in [0.2, 0.25) is 15.2 Å². The number of likely N-dealkylation sites (tertiary alicyclic amines) is 1. The van der Waals surface area contributed by atoms with Crippen LogP contribution in [0, 0.1) is 23.0 Å². The van der Waals surface area contributed by atoms with Crippen LogP contribution in [0.15, 0.2) is 46.7 Å². The summed E-state index contributed by atoms with van der Waals surface area (Å²) in [6.45, 7) is 7.87. The molecule has 1 saturated carbocycles. The quantitative estimate of drug-likeness (QED) is 0.249. The predicted molar refractivity (Wildman–Crippen MR) is 170 cm³/mol. The lowest BCUT2D eigenvalue weighted by molar-refractivity contribution is -0.0413. The maximum Gasteiger partial charge on any atom is 0.355 e. The summed E-state index contributed by atoms with van der Waals surface area (Å²) in [5.74, 6) is -2.03. The lowest BCUT2D eigenvalue weighted by Crippen LogP contribution is -2.73. The molecular formula is C32H34F2N6O4S2. The number of carbonyl (C=O) groups is 1. The van der Waals surface area contributed by atoms with Crippen LogP contribution in [0.5, 0.6) is 0 Å². The van der Waals surface area contributed by atoms with Crippen LogP contribution < -0.4 is 10.0 Å². The second kappa shape index (κ2) is 11.2. The van der Waals surface area contributed by atoms with Crippen LogP contribution in [0.25, 0.3) is 16.4 Å². The van der Waals surface area contributed by atoms with E-state index in [4.69, 9.17) is 10.2 Å². The van der Waals surface area contributed by atoms with Gasteiger partial charge in [-0.2, -0.15) is 5.10 Å². The molecular weight excluding hydrogens is 635 g/mol. The number of benzene rings is 2. The number of carboxylic acids is 1. The number of rotatable bonds is 10. The van der Waals surface area contributed by atoms with Crippen molar-refractivity contribution >= 4 is 33.0 Å². The van der Waals surface area contributed by atoms with E-state index in [1.165, 1.54) is 17.5 Å². The van der Waals surface area contributed by atoms with E-state index >= 15 is 4.39 Å². The number of thiazole rings is 1. The normalized spacial score (nSPS) is 17.8. The highest BCUT2D eigenvalue weighted by atomic mass is 32.2. The van der Waals surface area contributed by atoms with Crippen LogP contribution >= 0.6 is 11.3 Å². The summed E-state index contributed by atoms with van der Waals surface area (Å²) in [6, 6.07) is 9.21. The molecule has 1 aliphatic carbocycles. The van der Waals surface area contributed by atoms with Crippen LogP contribution in [-0.4, -0.2) is 71.4 Å². The van der Waals surface area contributed by atoms with Gasteiger partial charge in [0.25, 0.3) is 0 Å². The van der Waals surface area contributed by atoms with Crippen LogP contribution in [0.4, 0.5) is 14.5 Å². The van der Waals surface area contributed by atoms with E-state index in [0.29, 0.717) is 46.0 Å². The largest absolute Gasteiger partial charge is 0.476 e. The number of hydrogen-bond donors (Lipinski definition) is 2. The Balaban J connectivity index is 1.30. The highest BCUT2D eigenvalue weighted by Crippen LogP contribution is 2.45. The first-order valence-corrected chi connectivity index (χ1v) is 17.6. The van der Waals surface area contributed by atoms with Crippen molar-refractivity contribution in [3.05, 3.63) is 75.9 Å². The summed E-state index contributed by atoms with van der Waals surface area (Å²) in [4.78, 5) is 19.9. The Morgan fingerprint density at radius 1 is 1.11 bits per heavy atom. The summed E-state index contributed by atoms with van der Waals surface area (Å²) in [5, 5.41) is 21.5. The zero-order valence-corrected chi connectivity index (χ0v) is 27.0. The van der Waals surface area contributed by atoms with Crippen LogP contribution in [-0.2, 0) is 22.9 Å². The van der Waals surface area contributed by atoms with Crippen molar-refractivity contribution in [2.24, 2.45) is 16.5 Å². The van der Waals surface area contributed by atoms with Crippen molar-refractivity contribution in [2.75, 3.05) is 31.1 Å². The molecule has 2 aromatic carbocycles. The predicted octanol–water partition coefficient (Wildman–Crippen LogP) is 4.69. The smallest absolute Gasteiger partial charge is 0.355 e. The Kier molecular flexibility index (Phi) is 7.54. The van der Waals surface area contributed by atoms with Crippen LogP contribution in [0.3, 0.4) is 0 Å². The molecule has 4 heterocycles. The number of nitrogens with two attached hydrogens (primary N) is 1. The highest BCUT2D eigenvalue weighted by Gasteiger charge is 2.52. The van der Waals surface area contributed by atoms with E-state index in [9.17, 15) is 22.7 Å². The summed E-state index contributed by atoms with van der Waals surface area (Å²) in [5.41, 5.74) is 3.84. The first-order chi connectivity index (χ1) is 21.8. The number of sulfonamides is 1. The standard InChI is InChI=1S/C32H34F2N6O4S2/c1-18(2)38-14-32(15-38)16-39(17-32)27-12-21(6-7-23(27)33)29-22(9-20-5-8-28(24(34)10-20)46(35,43)44)26(11-19-3-4-19)40(37-29)31-36-25(13-45-31)30(41)42/h5-8,10,12-13,18-19H,3-4,9,11,14-17H2,1-2H3,(H,41,42)(H2,35,43,44). The molecule has 2 aromatic heterocycles. The fourth-order valence-corrected chi connectivity index (χ4v) is 7.99. The van der Waals surface area contributed by atoms with Crippen molar-refractivity contribution in [2.45, 2.75) is 50.5 Å². The average Bonchev–Trinajstić information content (AvgIpc) is 3.49. The van der Waals surface area contributed by atoms with Gasteiger partial charge < -0.3 is 10.0 Å². The van der Waals surface area contributed by atoms with Gasteiger partial charge in [0.1, 0.15) is 16.5 Å². The molecule has 46 heavy (non-hydrogen) atoms. The van der Waals surface area contributed by atoms with Gasteiger partial charge in [-0.1, -0.05) is 6.07 Å². The van der Waals surface area contributed by atoms with Crippen molar-refractivity contribution in [3.8, 4) is 16.4 Å². The van der Waals surface area contributed by atoms with E-state index < -0.39 is 26.7 Å². The van der Waals surface area contributed by atoms with E-state index in [-0.39, 0.29) is 23.3 Å². The molecule has 3 aliphatic rings. The Bertz CT molecular complexity index is 1960. The highest BCUT2D eigenvalue weighted by molar-refractivity contribution is 7.89. The fraction of sp³-hybridized carbons (Fsp3) is 0.406. The second-order valence-corrected chi connectivity index (χ2v) is 15.5. The van der Waals surface area contributed by atoms with Gasteiger partial charge in [0, 0.05) is 60.6 Å². The van der Waals surface area contributed by atoms with E-state index in [2.05, 4.69) is 28.6 Å². The van der Waals surface area contributed by atoms with Crippen LogP contribution in [0.1, 0.15) is 54.0 Å². The summed E-state index contributed by atoms with van der Waals surface area (Å²) in [7, 11) is -4.24. The van der Waals surface area contributed by atoms with Gasteiger partial charge in [0.05, 0.1) is 17.1 Å². The number of primary sulfonamides is 1. The summed E-state index contributed by atoms with van der Waals surface area (Å²) < 4.78 is 55.6. The number of aromatic carboxylic acids is 1. The first-order valence-electron chi connectivity index (χ1n) is 15.2. The maximum atomic E-state index is 15.3. The Labute approximate surface area is 269 Å². The topological polar surface area (TPSA) is 135 Å². The van der Waals surface area contributed by atoms with Crippen LogP contribution in [0.2, 0.25) is 0 Å². The lowest BCUT2D eigenvalue weighted by atomic mass is 9.72. The molecule has 242 valence electrons. The lowest BCUT2D eigenvalue weighted by Gasteiger charge is -2.62. The molecule has 2 saturated heterocycles. The van der Waals surface area contributed by atoms with Crippen molar-refractivity contribution in [1.29, 1.82) is 0 Å². The molecule has 4 aromatic rings.